The highest BCUT2D eigenvalue weighted by Gasteiger charge is 2.25. The van der Waals surface area contributed by atoms with Crippen molar-refractivity contribution in [1.29, 1.82) is 5.26 Å². The first kappa shape index (κ1) is 10.5. The molecule has 1 rings (SSSR count). The summed E-state index contributed by atoms with van der Waals surface area (Å²) in [5, 5.41) is 9.02. The minimum atomic E-state index is -0.0206. The predicted molar refractivity (Wildman–Crippen MR) is 57.4 cm³/mol. The van der Waals surface area contributed by atoms with Crippen molar-refractivity contribution in [3.8, 4) is 6.07 Å². The maximum absolute atomic E-state index is 9.02. The lowest BCUT2D eigenvalue weighted by molar-refractivity contribution is 0.280. The van der Waals surface area contributed by atoms with E-state index in [1.54, 1.807) is 0 Å². The third-order valence-corrected chi connectivity index (χ3v) is 2.90. The summed E-state index contributed by atoms with van der Waals surface area (Å²) in [6.07, 6.45) is 3.34. The first-order valence-electron chi connectivity index (χ1n) is 4.86. The Morgan fingerprint density at radius 1 is 1.46 bits per heavy atom. The molecule has 72 valence electrons. The van der Waals surface area contributed by atoms with E-state index in [9.17, 15) is 0 Å². The van der Waals surface area contributed by atoms with Crippen molar-refractivity contribution in [3.63, 3.8) is 0 Å². The summed E-state index contributed by atoms with van der Waals surface area (Å²) < 4.78 is 0. The van der Waals surface area contributed by atoms with E-state index in [4.69, 9.17) is 17.5 Å². The zero-order chi connectivity index (χ0) is 9.84. The highest BCUT2D eigenvalue weighted by atomic mass is 32.1. The van der Waals surface area contributed by atoms with Gasteiger partial charge in [-0.25, -0.2) is 0 Å². The average Bonchev–Trinajstić information content (AvgIpc) is 2.09. The molecule has 1 heterocycles. The van der Waals surface area contributed by atoms with Gasteiger partial charge in [0.25, 0.3) is 0 Å². The minimum absolute atomic E-state index is 0.0206. The maximum atomic E-state index is 9.02. The number of nitriles is 1. The molecule has 2 nitrogen and oxygen atoms in total. The van der Waals surface area contributed by atoms with Gasteiger partial charge in [-0.05, 0) is 25.2 Å². The summed E-state index contributed by atoms with van der Waals surface area (Å²) in [6.45, 7) is 5.12. The van der Waals surface area contributed by atoms with Gasteiger partial charge < -0.3 is 4.90 Å². The van der Waals surface area contributed by atoms with Crippen LogP contribution >= 0.6 is 12.2 Å². The topological polar surface area (TPSA) is 27.0 Å². The van der Waals surface area contributed by atoms with Crippen molar-refractivity contribution >= 4 is 17.2 Å². The molecular formula is C10H16N2S. The van der Waals surface area contributed by atoms with Gasteiger partial charge in [-0.1, -0.05) is 26.1 Å². The van der Waals surface area contributed by atoms with E-state index >= 15 is 0 Å². The second kappa shape index (κ2) is 4.57. The van der Waals surface area contributed by atoms with Crippen LogP contribution in [-0.2, 0) is 0 Å². The molecule has 0 spiro atoms. The first-order chi connectivity index (χ1) is 6.16. The molecule has 0 radical (unpaired) electrons. The molecule has 0 aromatic rings. The summed E-state index contributed by atoms with van der Waals surface area (Å²) in [4.78, 5) is 3.08. The van der Waals surface area contributed by atoms with Crippen molar-refractivity contribution in [3.05, 3.63) is 0 Å². The quantitative estimate of drug-likeness (QED) is 0.634. The normalized spacial score (nSPS) is 20.2. The standard InChI is InChI=1S/C10H16N2S/c1-8(2)9(7-11)12-6-4-3-5-10(12)13/h8-9H,3-6H2,1-2H3. The van der Waals surface area contributed by atoms with Gasteiger partial charge in [-0.15, -0.1) is 0 Å². The molecule has 1 fully saturated rings. The summed E-state index contributed by atoms with van der Waals surface area (Å²) in [5.41, 5.74) is 0. The van der Waals surface area contributed by atoms with Crippen molar-refractivity contribution in [2.24, 2.45) is 5.92 Å². The second-order valence-corrected chi connectivity index (χ2v) is 4.33. The molecule has 0 aliphatic carbocycles. The average molecular weight is 196 g/mol. The summed E-state index contributed by atoms with van der Waals surface area (Å²) in [6, 6.07) is 2.32. The van der Waals surface area contributed by atoms with Crippen LogP contribution < -0.4 is 0 Å². The third-order valence-electron chi connectivity index (χ3n) is 2.46. The van der Waals surface area contributed by atoms with Crippen LogP contribution in [0.5, 0.6) is 0 Å². The molecule has 0 aromatic heterocycles. The Balaban J connectivity index is 2.67. The fourth-order valence-electron chi connectivity index (χ4n) is 1.70. The van der Waals surface area contributed by atoms with Crippen molar-refractivity contribution in [2.45, 2.75) is 39.2 Å². The smallest absolute Gasteiger partial charge is 0.119 e. The van der Waals surface area contributed by atoms with Crippen LogP contribution in [0.1, 0.15) is 33.1 Å². The molecule has 3 heteroatoms. The SMILES string of the molecule is CC(C)C(C#N)N1CCCCC1=S. The molecule has 13 heavy (non-hydrogen) atoms. The van der Waals surface area contributed by atoms with Gasteiger partial charge in [0.2, 0.25) is 0 Å². The van der Waals surface area contributed by atoms with Gasteiger partial charge in [0.15, 0.2) is 0 Å². The second-order valence-electron chi connectivity index (χ2n) is 3.86. The van der Waals surface area contributed by atoms with E-state index in [0.29, 0.717) is 5.92 Å². The Morgan fingerprint density at radius 2 is 2.15 bits per heavy atom. The van der Waals surface area contributed by atoms with E-state index in [0.717, 1.165) is 18.0 Å². The lowest BCUT2D eigenvalue weighted by Crippen LogP contribution is -2.44. The van der Waals surface area contributed by atoms with Crippen LogP contribution in [0.2, 0.25) is 0 Å². The van der Waals surface area contributed by atoms with Crippen LogP contribution in [0.4, 0.5) is 0 Å². The zero-order valence-corrected chi connectivity index (χ0v) is 9.10. The molecule has 1 aliphatic rings. The molecule has 1 aliphatic heterocycles. The zero-order valence-electron chi connectivity index (χ0n) is 8.29. The van der Waals surface area contributed by atoms with Crippen LogP contribution in [0.15, 0.2) is 0 Å². The lowest BCUT2D eigenvalue weighted by Gasteiger charge is -2.35. The fourth-order valence-corrected chi connectivity index (χ4v) is 2.05. The first-order valence-corrected chi connectivity index (χ1v) is 5.26. The van der Waals surface area contributed by atoms with E-state index in [1.165, 1.54) is 12.8 Å². The monoisotopic (exact) mass is 196 g/mol. The van der Waals surface area contributed by atoms with Crippen LogP contribution in [0.3, 0.4) is 0 Å². The Labute approximate surface area is 85.5 Å². The molecule has 0 saturated carbocycles. The molecule has 0 N–H and O–H groups in total. The minimum Gasteiger partial charge on any atom is -0.350 e. The summed E-state index contributed by atoms with van der Waals surface area (Å²) in [5.74, 6) is 0.362. The van der Waals surface area contributed by atoms with Crippen LogP contribution in [-0.4, -0.2) is 22.5 Å². The van der Waals surface area contributed by atoms with Gasteiger partial charge in [-0.3, -0.25) is 0 Å². The van der Waals surface area contributed by atoms with E-state index in [-0.39, 0.29) is 6.04 Å². The van der Waals surface area contributed by atoms with Gasteiger partial charge in [-0.2, -0.15) is 5.26 Å². The van der Waals surface area contributed by atoms with Gasteiger partial charge in [0.1, 0.15) is 6.04 Å². The van der Waals surface area contributed by atoms with Crippen molar-refractivity contribution in [2.75, 3.05) is 6.54 Å². The summed E-state index contributed by atoms with van der Waals surface area (Å²) in [7, 11) is 0. The largest absolute Gasteiger partial charge is 0.350 e. The number of thiocarbonyl (C=S) groups is 1. The molecule has 1 atom stereocenters. The van der Waals surface area contributed by atoms with Gasteiger partial charge in [0, 0.05) is 6.54 Å². The Kier molecular flexibility index (Phi) is 3.68. The van der Waals surface area contributed by atoms with E-state index in [1.807, 2.05) is 0 Å². The molecule has 1 unspecified atom stereocenters. The summed E-state index contributed by atoms with van der Waals surface area (Å²) >= 11 is 5.26. The number of hydrogen-bond donors (Lipinski definition) is 0. The number of likely N-dealkylation sites (tertiary alicyclic amines) is 1. The third kappa shape index (κ3) is 2.41. The molecular weight excluding hydrogens is 180 g/mol. The lowest BCUT2D eigenvalue weighted by atomic mass is 10.0. The Bertz CT molecular complexity index is 230. The Hall–Kier alpha value is -0.620. The molecule has 1 saturated heterocycles. The number of hydrogen-bond acceptors (Lipinski definition) is 2. The highest BCUT2D eigenvalue weighted by Crippen LogP contribution is 2.19. The van der Waals surface area contributed by atoms with Crippen molar-refractivity contribution in [1.82, 2.24) is 4.90 Å². The van der Waals surface area contributed by atoms with Crippen LogP contribution in [0, 0.1) is 17.2 Å². The highest BCUT2D eigenvalue weighted by molar-refractivity contribution is 7.80. The fraction of sp³-hybridized carbons (Fsp3) is 0.800. The molecule has 0 aromatic carbocycles. The van der Waals surface area contributed by atoms with Crippen LogP contribution in [0.25, 0.3) is 0 Å². The molecule has 0 bridgehead atoms. The maximum Gasteiger partial charge on any atom is 0.119 e. The Morgan fingerprint density at radius 3 is 2.62 bits per heavy atom. The molecule has 0 amide bonds. The van der Waals surface area contributed by atoms with Gasteiger partial charge in [0.05, 0.1) is 11.1 Å². The van der Waals surface area contributed by atoms with E-state index < -0.39 is 0 Å². The number of nitrogens with zero attached hydrogens (tertiary/aromatic N) is 2. The van der Waals surface area contributed by atoms with Gasteiger partial charge >= 0.3 is 0 Å². The van der Waals surface area contributed by atoms with Crippen molar-refractivity contribution < 1.29 is 0 Å². The van der Waals surface area contributed by atoms with E-state index in [2.05, 4.69) is 24.8 Å². The predicted octanol–water partition coefficient (Wildman–Crippen LogP) is 2.35. The number of rotatable bonds is 2. The number of piperidine rings is 1.